The first-order valence-electron chi connectivity index (χ1n) is 5.72. The zero-order chi connectivity index (χ0) is 13.1. The molecule has 1 heterocycles. The fourth-order valence-electron chi connectivity index (χ4n) is 1.90. The summed E-state index contributed by atoms with van der Waals surface area (Å²) in [6, 6.07) is 4.90. The van der Waals surface area contributed by atoms with Gasteiger partial charge in [0.05, 0.1) is 5.56 Å². The normalized spacial score (nSPS) is 12.8. The van der Waals surface area contributed by atoms with Crippen molar-refractivity contribution in [2.75, 3.05) is 13.7 Å². The van der Waals surface area contributed by atoms with Gasteiger partial charge in [0.25, 0.3) is 0 Å². The van der Waals surface area contributed by atoms with Crippen LogP contribution in [-0.4, -0.2) is 29.8 Å². The third kappa shape index (κ3) is 2.51. The quantitative estimate of drug-likeness (QED) is 0.880. The molecule has 1 unspecified atom stereocenters. The second kappa shape index (κ2) is 5.18. The number of para-hydroxylation sites is 1. The number of benzene rings is 1. The van der Waals surface area contributed by atoms with Crippen LogP contribution < -0.4 is 0 Å². The molecule has 0 radical (unpaired) electrons. The lowest BCUT2D eigenvalue weighted by molar-refractivity contribution is 0.0699. The Morgan fingerprint density at radius 2 is 2.33 bits per heavy atom. The van der Waals surface area contributed by atoms with Crippen molar-refractivity contribution >= 4 is 17.1 Å². The minimum absolute atomic E-state index is 0.168. The molecule has 5 heteroatoms. The summed E-state index contributed by atoms with van der Waals surface area (Å²) in [5.41, 5.74) is 1.08. The molecule has 0 bridgehead atoms. The van der Waals surface area contributed by atoms with Crippen LogP contribution in [0.5, 0.6) is 0 Å². The Labute approximate surface area is 104 Å². The summed E-state index contributed by atoms with van der Waals surface area (Å²) in [6.45, 7) is 2.64. The Bertz CT molecular complexity index is 561. The third-order valence-electron chi connectivity index (χ3n) is 2.67. The molecule has 0 saturated carbocycles. The Morgan fingerprint density at radius 3 is 3.00 bits per heavy atom. The van der Waals surface area contributed by atoms with Gasteiger partial charge in [-0.15, -0.1) is 0 Å². The van der Waals surface area contributed by atoms with Crippen molar-refractivity contribution in [3.05, 3.63) is 29.7 Å². The number of methoxy groups -OCH3 is 1. The van der Waals surface area contributed by atoms with Crippen LogP contribution in [0.1, 0.15) is 23.2 Å². The minimum atomic E-state index is -0.995. The first-order chi connectivity index (χ1) is 8.61. The van der Waals surface area contributed by atoms with E-state index in [9.17, 15) is 4.79 Å². The number of hydrogen-bond acceptors (Lipinski definition) is 4. The van der Waals surface area contributed by atoms with E-state index in [0.29, 0.717) is 30.0 Å². The highest BCUT2D eigenvalue weighted by Crippen LogP contribution is 2.21. The van der Waals surface area contributed by atoms with Crippen molar-refractivity contribution in [1.82, 2.24) is 4.98 Å². The van der Waals surface area contributed by atoms with Gasteiger partial charge in [-0.2, -0.15) is 0 Å². The van der Waals surface area contributed by atoms with Crippen molar-refractivity contribution in [3.8, 4) is 0 Å². The van der Waals surface area contributed by atoms with Gasteiger partial charge in [0, 0.05) is 20.1 Å². The lowest BCUT2D eigenvalue weighted by Gasteiger charge is -2.05. The summed E-state index contributed by atoms with van der Waals surface area (Å²) in [5, 5.41) is 9.06. The molecule has 1 aromatic heterocycles. The molecule has 5 nitrogen and oxygen atoms in total. The molecule has 2 rings (SSSR count). The molecule has 18 heavy (non-hydrogen) atoms. The first kappa shape index (κ1) is 12.6. The smallest absolute Gasteiger partial charge is 0.338 e. The molecule has 0 aliphatic heterocycles. The highest BCUT2D eigenvalue weighted by Gasteiger charge is 2.15. The molecule has 1 atom stereocenters. The van der Waals surface area contributed by atoms with Gasteiger partial charge in [-0.25, -0.2) is 9.78 Å². The number of aromatic nitrogens is 1. The number of fused-ring (bicyclic) bond motifs is 1. The average Bonchev–Trinajstić information content (AvgIpc) is 2.70. The van der Waals surface area contributed by atoms with E-state index in [-0.39, 0.29) is 11.5 Å². The van der Waals surface area contributed by atoms with E-state index in [1.807, 2.05) is 6.92 Å². The van der Waals surface area contributed by atoms with Gasteiger partial charge >= 0.3 is 5.97 Å². The fourth-order valence-corrected chi connectivity index (χ4v) is 1.90. The van der Waals surface area contributed by atoms with Crippen LogP contribution in [0.25, 0.3) is 11.1 Å². The van der Waals surface area contributed by atoms with Gasteiger partial charge in [0.1, 0.15) is 5.52 Å². The summed E-state index contributed by atoms with van der Waals surface area (Å²) in [5.74, 6) is -0.176. The van der Waals surface area contributed by atoms with E-state index in [2.05, 4.69) is 4.98 Å². The van der Waals surface area contributed by atoms with E-state index in [0.717, 1.165) is 0 Å². The standard InChI is InChI=1S/C13H15NO4/c1-8(7-17-2)6-11-14-12-9(13(15)16)4-3-5-10(12)18-11/h3-5,8H,6-7H2,1-2H3,(H,15,16). The van der Waals surface area contributed by atoms with E-state index in [1.165, 1.54) is 6.07 Å². The molecule has 0 amide bonds. The van der Waals surface area contributed by atoms with Gasteiger partial charge in [0.15, 0.2) is 11.5 Å². The van der Waals surface area contributed by atoms with Crippen molar-refractivity contribution in [3.63, 3.8) is 0 Å². The molecule has 0 saturated heterocycles. The molecule has 1 aromatic carbocycles. The highest BCUT2D eigenvalue weighted by molar-refractivity contribution is 6.00. The molecule has 96 valence electrons. The Balaban J connectivity index is 2.32. The van der Waals surface area contributed by atoms with Crippen LogP contribution >= 0.6 is 0 Å². The second-order valence-electron chi connectivity index (χ2n) is 4.33. The van der Waals surface area contributed by atoms with Gasteiger partial charge < -0.3 is 14.3 Å². The first-order valence-corrected chi connectivity index (χ1v) is 5.72. The number of carbonyl (C=O) groups is 1. The van der Waals surface area contributed by atoms with Gasteiger partial charge in [-0.3, -0.25) is 0 Å². The lowest BCUT2D eigenvalue weighted by atomic mass is 10.1. The maximum absolute atomic E-state index is 11.0. The van der Waals surface area contributed by atoms with Gasteiger partial charge in [-0.1, -0.05) is 13.0 Å². The summed E-state index contributed by atoms with van der Waals surface area (Å²) >= 11 is 0. The van der Waals surface area contributed by atoms with Crippen molar-refractivity contribution in [1.29, 1.82) is 0 Å². The van der Waals surface area contributed by atoms with Crippen LogP contribution in [0.3, 0.4) is 0 Å². The Hall–Kier alpha value is -1.88. The number of rotatable bonds is 5. The maximum Gasteiger partial charge on any atom is 0.338 e. The zero-order valence-corrected chi connectivity index (χ0v) is 10.3. The van der Waals surface area contributed by atoms with Crippen LogP contribution in [0.2, 0.25) is 0 Å². The van der Waals surface area contributed by atoms with E-state index < -0.39 is 5.97 Å². The SMILES string of the molecule is COCC(C)Cc1nc2c(C(=O)O)cccc2o1. The number of aromatic carboxylic acids is 1. The monoisotopic (exact) mass is 249 g/mol. The molecule has 1 N–H and O–H groups in total. The van der Waals surface area contributed by atoms with Crippen LogP contribution in [0, 0.1) is 5.92 Å². The van der Waals surface area contributed by atoms with E-state index in [4.69, 9.17) is 14.3 Å². The molecular formula is C13H15NO4. The topological polar surface area (TPSA) is 72.6 Å². The van der Waals surface area contributed by atoms with Crippen LogP contribution in [0.15, 0.2) is 22.6 Å². The molecule has 0 spiro atoms. The highest BCUT2D eigenvalue weighted by atomic mass is 16.5. The van der Waals surface area contributed by atoms with Crippen LogP contribution in [0.4, 0.5) is 0 Å². The molecule has 0 aliphatic rings. The fraction of sp³-hybridized carbons (Fsp3) is 0.385. The lowest BCUT2D eigenvalue weighted by Crippen LogP contribution is -2.07. The van der Waals surface area contributed by atoms with Gasteiger partial charge in [0.2, 0.25) is 0 Å². The summed E-state index contributed by atoms with van der Waals surface area (Å²) in [7, 11) is 1.64. The summed E-state index contributed by atoms with van der Waals surface area (Å²) < 4.78 is 10.6. The van der Waals surface area contributed by atoms with Gasteiger partial charge in [-0.05, 0) is 18.1 Å². The van der Waals surface area contributed by atoms with Crippen molar-refractivity contribution < 1.29 is 19.1 Å². The van der Waals surface area contributed by atoms with Crippen LogP contribution in [-0.2, 0) is 11.2 Å². The Kier molecular flexibility index (Phi) is 3.62. The predicted molar refractivity (Wildman–Crippen MR) is 65.7 cm³/mol. The van der Waals surface area contributed by atoms with Crippen molar-refractivity contribution in [2.45, 2.75) is 13.3 Å². The van der Waals surface area contributed by atoms with E-state index >= 15 is 0 Å². The minimum Gasteiger partial charge on any atom is -0.478 e. The summed E-state index contributed by atoms with van der Waals surface area (Å²) in [4.78, 5) is 15.3. The van der Waals surface area contributed by atoms with E-state index in [1.54, 1.807) is 19.2 Å². The van der Waals surface area contributed by atoms with Crippen molar-refractivity contribution in [2.24, 2.45) is 5.92 Å². The number of oxazole rings is 1. The maximum atomic E-state index is 11.0. The number of carboxylic acids is 1. The predicted octanol–water partition coefficient (Wildman–Crippen LogP) is 2.35. The zero-order valence-electron chi connectivity index (χ0n) is 10.3. The molecular weight excluding hydrogens is 234 g/mol. The molecule has 2 aromatic rings. The molecule has 0 aliphatic carbocycles. The second-order valence-corrected chi connectivity index (χ2v) is 4.33. The number of hydrogen-bond donors (Lipinski definition) is 1. The largest absolute Gasteiger partial charge is 0.478 e. The number of carboxylic acid groups (broad SMARTS) is 1. The Morgan fingerprint density at radius 1 is 1.56 bits per heavy atom. The third-order valence-corrected chi connectivity index (χ3v) is 2.67. The average molecular weight is 249 g/mol. The molecule has 0 fully saturated rings. The number of nitrogens with zero attached hydrogens (tertiary/aromatic N) is 1. The number of ether oxygens (including phenoxy) is 1. The summed E-state index contributed by atoms with van der Waals surface area (Å²) in [6.07, 6.45) is 0.627.